The van der Waals surface area contributed by atoms with Gasteiger partial charge in [0.1, 0.15) is 0 Å². The highest BCUT2D eigenvalue weighted by Gasteiger charge is 2.33. The van der Waals surface area contributed by atoms with Gasteiger partial charge in [0.05, 0.1) is 6.61 Å². The van der Waals surface area contributed by atoms with Gasteiger partial charge < -0.3 is 15.4 Å². The predicted molar refractivity (Wildman–Crippen MR) is 98.8 cm³/mol. The van der Waals surface area contributed by atoms with E-state index in [4.69, 9.17) is 4.74 Å². The summed E-state index contributed by atoms with van der Waals surface area (Å²) >= 11 is 0. The number of amides is 1. The highest BCUT2D eigenvalue weighted by atomic mass is 35.5. The quantitative estimate of drug-likeness (QED) is 0.791. The fraction of sp³-hybridized carbons (Fsp3) is 0.600. The van der Waals surface area contributed by atoms with Crippen molar-refractivity contribution >= 4 is 36.5 Å². The van der Waals surface area contributed by atoms with E-state index in [9.17, 15) is 4.79 Å². The average Bonchev–Trinajstić information content (AvgIpc) is 3.00. The first-order valence-corrected chi connectivity index (χ1v) is 7.80. The number of hydrogen-bond donors (Lipinski definition) is 2. The molecule has 8 nitrogen and oxygen atoms in total. The van der Waals surface area contributed by atoms with Gasteiger partial charge >= 0.3 is 0 Å². The molecule has 2 N–H and O–H groups in total. The first-order chi connectivity index (χ1) is 11.1. The molecule has 0 radical (unpaired) electrons. The summed E-state index contributed by atoms with van der Waals surface area (Å²) in [6.45, 7) is 4.97. The minimum absolute atomic E-state index is 0. The highest BCUT2D eigenvalue weighted by Crippen LogP contribution is 2.28. The van der Waals surface area contributed by atoms with Gasteiger partial charge in [-0.25, -0.2) is 9.50 Å². The molecule has 1 fully saturated rings. The number of carbonyl (C=O) groups is 1. The van der Waals surface area contributed by atoms with Gasteiger partial charge in [-0.1, -0.05) is 0 Å². The van der Waals surface area contributed by atoms with Gasteiger partial charge in [0, 0.05) is 31.0 Å². The monoisotopic (exact) mass is 390 g/mol. The Bertz CT molecular complexity index is 697. The summed E-state index contributed by atoms with van der Waals surface area (Å²) in [4.78, 5) is 20.7. The molecule has 1 aliphatic rings. The number of fused-ring (bicyclic) bond motifs is 1. The summed E-state index contributed by atoms with van der Waals surface area (Å²) in [5, 5.41) is 10.5. The smallest absolute Gasteiger partial charge is 0.291 e. The van der Waals surface area contributed by atoms with E-state index in [0.29, 0.717) is 18.9 Å². The molecule has 1 aliphatic heterocycles. The largest absolute Gasteiger partial charge is 0.384 e. The third-order valence-electron chi connectivity index (χ3n) is 4.37. The molecular formula is C15H24Cl2N6O2. The van der Waals surface area contributed by atoms with Gasteiger partial charge in [0.15, 0.2) is 0 Å². The maximum Gasteiger partial charge on any atom is 0.291 e. The van der Waals surface area contributed by atoms with Gasteiger partial charge in [-0.2, -0.15) is 4.98 Å². The Kier molecular flexibility index (Phi) is 8.01. The number of hydrogen-bond acceptors (Lipinski definition) is 6. The van der Waals surface area contributed by atoms with Crippen LogP contribution in [0.15, 0.2) is 12.3 Å². The standard InChI is InChI=1S/C15H22N6O2.2ClH/c1-11-3-6-17-14-19-12(20-21(11)14)13(22)18-9-15(10-23-2)4-7-16-8-5-15;;/h3,6,16H,4-5,7-10H2,1-2H3,(H,18,22);2*1H. The van der Waals surface area contributed by atoms with Gasteiger partial charge in [0.2, 0.25) is 5.82 Å². The Morgan fingerprint density at radius 2 is 2.12 bits per heavy atom. The van der Waals surface area contributed by atoms with E-state index < -0.39 is 0 Å². The lowest BCUT2D eigenvalue weighted by molar-refractivity contribution is 0.0509. The van der Waals surface area contributed by atoms with E-state index in [1.807, 2.05) is 13.0 Å². The van der Waals surface area contributed by atoms with Crippen molar-refractivity contribution in [3.63, 3.8) is 0 Å². The van der Waals surface area contributed by atoms with Crippen molar-refractivity contribution in [1.82, 2.24) is 30.2 Å². The van der Waals surface area contributed by atoms with Crippen molar-refractivity contribution in [1.29, 1.82) is 0 Å². The van der Waals surface area contributed by atoms with Crippen LogP contribution in [0.1, 0.15) is 29.2 Å². The molecule has 0 bridgehead atoms. The zero-order valence-electron chi connectivity index (χ0n) is 14.3. The summed E-state index contributed by atoms with van der Waals surface area (Å²) in [5.74, 6) is 0.306. The van der Waals surface area contributed by atoms with Crippen LogP contribution in [0.25, 0.3) is 5.78 Å². The van der Waals surface area contributed by atoms with Crippen LogP contribution in [-0.2, 0) is 4.74 Å². The third kappa shape index (κ3) is 4.78. The minimum atomic E-state index is -0.274. The summed E-state index contributed by atoms with van der Waals surface area (Å²) < 4.78 is 6.94. The second kappa shape index (κ2) is 9.28. The van der Waals surface area contributed by atoms with Crippen LogP contribution in [0.3, 0.4) is 0 Å². The number of halogens is 2. The molecule has 10 heteroatoms. The Hall–Kier alpha value is -1.48. The average molecular weight is 391 g/mol. The number of nitrogens with zero attached hydrogens (tertiary/aromatic N) is 4. The van der Waals surface area contributed by atoms with E-state index in [2.05, 4.69) is 25.7 Å². The van der Waals surface area contributed by atoms with E-state index in [1.54, 1.807) is 17.8 Å². The number of nitrogens with one attached hydrogen (secondary N) is 2. The molecule has 0 spiro atoms. The second-order valence-corrected chi connectivity index (χ2v) is 6.10. The van der Waals surface area contributed by atoms with Gasteiger partial charge in [-0.05, 0) is 38.9 Å². The van der Waals surface area contributed by atoms with Crippen LogP contribution in [0, 0.1) is 12.3 Å². The molecule has 3 heterocycles. The Labute approximate surface area is 159 Å². The molecule has 140 valence electrons. The molecule has 1 saturated heterocycles. The maximum absolute atomic E-state index is 12.4. The van der Waals surface area contributed by atoms with Crippen LogP contribution in [0.2, 0.25) is 0 Å². The fourth-order valence-corrected chi connectivity index (χ4v) is 2.98. The first-order valence-electron chi connectivity index (χ1n) is 7.80. The molecule has 25 heavy (non-hydrogen) atoms. The van der Waals surface area contributed by atoms with Crippen LogP contribution in [0.5, 0.6) is 0 Å². The normalized spacial score (nSPS) is 15.9. The number of ether oxygens (including phenoxy) is 1. The molecule has 2 aromatic heterocycles. The second-order valence-electron chi connectivity index (χ2n) is 6.10. The van der Waals surface area contributed by atoms with E-state index in [1.165, 1.54) is 0 Å². The number of carbonyl (C=O) groups excluding carboxylic acids is 1. The predicted octanol–water partition coefficient (Wildman–Crippen LogP) is 1.02. The van der Waals surface area contributed by atoms with Gasteiger partial charge in [-0.3, -0.25) is 4.79 Å². The molecular weight excluding hydrogens is 367 g/mol. The lowest BCUT2D eigenvalue weighted by Crippen LogP contribution is -2.47. The van der Waals surface area contributed by atoms with E-state index >= 15 is 0 Å². The van der Waals surface area contributed by atoms with Crippen molar-refractivity contribution in [2.75, 3.05) is 33.4 Å². The van der Waals surface area contributed by atoms with Crippen molar-refractivity contribution in [3.8, 4) is 0 Å². The minimum Gasteiger partial charge on any atom is -0.384 e. The molecule has 3 rings (SSSR count). The number of rotatable bonds is 5. The molecule has 0 saturated carbocycles. The zero-order chi connectivity index (χ0) is 16.3. The lowest BCUT2D eigenvalue weighted by atomic mass is 9.79. The number of methoxy groups -OCH3 is 1. The Balaban J connectivity index is 0.00000156. The summed E-state index contributed by atoms with van der Waals surface area (Å²) in [5.41, 5.74) is 0.860. The van der Waals surface area contributed by atoms with Crippen molar-refractivity contribution < 1.29 is 9.53 Å². The molecule has 0 atom stereocenters. The molecule has 1 amide bonds. The Morgan fingerprint density at radius 1 is 1.40 bits per heavy atom. The highest BCUT2D eigenvalue weighted by molar-refractivity contribution is 5.90. The SMILES string of the molecule is COCC1(CNC(=O)c2nc3nccc(C)n3n2)CCNCC1.Cl.Cl. The van der Waals surface area contributed by atoms with Crippen LogP contribution >= 0.6 is 24.8 Å². The first kappa shape index (κ1) is 21.6. The maximum atomic E-state index is 12.4. The summed E-state index contributed by atoms with van der Waals surface area (Å²) in [6, 6.07) is 1.83. The number of aryl methyl sites for hydroxylation is 1. The van der Waals surface area contributed by atoms with Crippen molar-refractivity contribution in [2.45, 2.75) is 19.8 Å². The topological polar surface area (TPSA) is 93.4 Å². The van der Waals surface area contributed by atoms with E-state index in [-0.39, 0.29) is 42.0 Å². The molecule has 0 aromatic carbocycles. The van der Waals surface area contributed by atoms with Crippen LogP contribution in [0.4, 0.5) is 0 Å². The number of piperidine rings is 1. The van der Waals surface area contributed by atoms with Gasteiger partial charge in [-0.15, -0.1) is 29.9 Å². The van der Waals surface area contributed by atoms with Crippen LogP contribution in [-0.4, -0.2) is 58.8 Å². The molecule has 0 unspecified atom stereocenters. The summed E-state index contributed by atoms with van der Waals surface area (Å²) in [7, 11) is 1.70. The summed E-state index contributed by atoms with van der Waals surface area (Å²) in [6.07, 6.45) is 3.60. The molecule has 0 aliphatic carbocycles. The fourth-order valence-electron chi connectivity index (χ4n) is 2.98. The molecule has 2 aromatic rings. The Morgan fingerprint density at radius 3 is 2.76 bits per heavy atom. The van der Waals surface area contributed by atoms with Gasteiger partial charge in [0.25, 0.3) is 11.7 Å². The zero-order valence-corrected chi connectivity index (χ0v) is 16.0. The van der Waals surface area contributed by atoms with Crippen LogP contribution < -0.4 is 10.6 Å². The third-order valence-corrected chi connectivity index (χ3v) is 4.37. The van der Waals surface area contributed by atoms with Crippen molar-refractivity contribution in [2.24, 2.45) is 5.41 Å². The van der Waals surface area contributed by atoms with E-state index in [0.717, 1.165) is 31.6 Å². The van der Waals surface area contributed by atoms with Crippen molar-refractivity contribution in [3.05, 3.63) is 23.8 Å². The lowest BCUT2D eigenvalue weighted by Gasteiger charge is -2.37. The number of aromatic nitrogens is 4.